The largest absolute Gasteiger partial charge is 0.377 e. The van der Waals surface area contributed by atoms with Crippen LogP contribution in [0.1, 0.15) is 24.2 Å². The molecular formula is C13H17ClN4S. The highest BCUT2D eigenvalue weighted by molar-refractivity contribution is 7.10. The molecule has 2 rings (SSSR count). The van der Waals surface area contributed by atoms with Crippen molar-refractivity contribution in [3.8, 4) is 0 Å². The summed E-state index contributed by atoms with van der Waals surface area (Å²) in [6, 6.07) is 8.16. The van der Waals surface area contributed by atoms with Crippen LogP contribution in [-0.2, 0) is 6.54 Å². The van der Waals surface area contributed by atoms with Crippen LogP contribution in [0.25, 0.3) is 0 Å². The highest BCUT2D eigenvalue weighted by Gasteiger charge is 2.17. The van der Waals surface area contributed by atoms with E-state index in [1.165, 1.54) is 11.5 Å². The lowest BCUT2D eigenvalue weighted by molar-refractivity contribution is 0.250. The predicted octanol–water partition coefficient (Wildman–Crippen LogP) is 3.43. The van der Waals surface area contributed by atoms with Gasteiger partial charge >= 0.3 is 0 Å². The Labute approximate surface area is 122 Å². The summed E-state index contributed by atoms with van der Waals surface area (Å²) in [5.74, 6) is 0. The topological polar surface area (TPSA) is 41.1 Å². The molecule has 19 heavy (non-hydrogen) atoms. The molecule has 102 valence electrons. The SMILES string of the molecule is CNc1snnc1CN(C)C(C)c1ccccc1Cl. The first-order valence-electron chi connectivity index (χ1n) is 6.07. The van der Waals surface area contributed by atoms with Crippen LogP contribution in [0.3, 0.4) is 0 Å². The molecule has 0 amide bonds. The van der Waals surface area contributed by atoms with Gasteiger partial charge in [-0.15, -0.1) is 5.10 Å². The van der Waals surface area contributed by atoms with Crippen molar-refractivity contribution in [1.29, 1.82) is 0 Å². The monoisotopic (exact) mass is 296 g/mol. The standard InChI is InChI=1S/C13H17ClN4S/c1-9(10-6-4-5-7-11(10)14)18(3)8-12-13(15-2)19-17-16-12/h4-7,9,15H,8H2,1-3H3. The van der Waals surface area contributed by atoms with Crippen molar-refractivity contribution in [2.45, 2.75) is 19.5 Å². The minimum atomic E-state index is 0.222. The van der Waals surface area contributed by atoms with Crippen molar-refractivity contribution in [3.63, 3.8) is 0 Å². The summed E-state index contributed by atoms with van der Waals surface area (Å²) in [7, 11) is 3.95. The number of nitrogens with zero attached hydrogens (tertiary/aromatic N) is 3. The zero-order chi connectivity index (χ0) is 13.8. The van der Waals surface area contributed by atoms with Gasteiger partial charge in [0, 0.05) is 36.2 Å². The molecule has 0 fully saturated rings. The average molecular weight is 297 g/mol. The first-order valence-corrected chi connectivity index (χ1v) is 7.22. The van der Waals surface area contributed by atoms with Crippen LogP contribution in [0.2, 0.25) is 5.02 Å². The molecule has 0 spiro atoms. The van der Waals surface area contributed by atoms with Gasteiger partial charge in [-0.2, -0.15) is 0 Å². The number of hydrogen-bond donors (Lipinski definition) is 1. The number of halogens is 1. The minimum absolute atomic E-state index is 0.222. The zero-order valence-corrected chi connectivity index (χ0v) is 12.8. The Hall–Kier alpha value is -1.17. The third kappa shape index (κ3) is 3.23. The number of aromatic nitrogens is 2. The summed E-state index contributed by atoms with van der Waals surface area (Å²) >= 11 is 7.62. The van der Waals surface area contributed by atoms with Gasteiger partial charge in [-0.3, -0.25) is 4.90 Å². The molecular weight excluding hydrogens is 280 g/mol. The molecule has 0 aliphatic rings. The highest BCUT2D eigenvalue weighted by Crippen LogP contribution is 2.28. The number of benzene rings is 1. The maximum absolute atomic E-state index is 6.24. The lowest BCUT2D eigenvalue weighted by Gasteiger charge is -2.25. The third-order valence-electron chi connectivity index (χ3n) is 3.20. The van der Waals surface area contributed by atoms with Crippen LogP contribution in [0.15, 0.2) is 24.3 Å². The summed E-state index contributed by atoms with van der Waals surface area (Å²) in [5.41, 5.74) is 2.09. The van der Waals surface area contributed by atoms with Crippen molar-refractivity contribution in [1.82, 2.24) is 14.5 Å². The normalized spacial score (nSPS) is 12.7. The van der Waals surface area contributed by atoms with E-state index < -0.39 is 0 Å². The highest BCUT2D eigenvalue weighted by atomic mass is 35.5. The summed E-state index contributed by atoms with van der Waals surface area (Å²) in [6.07, 6.45) is 0. The van der Waals surface area contributed by atoms with Gasteiger partial charge in [-0.25, -0.2) is 0 Å². The summed E-state index contributed by atoms with van der Waals surface area (Å²) in [5, 5.41) is 9.08. The van der Waals surface area contributed by atoms with Gasteiger partial charge in [0.15, 0.2) is 0 Å². The Morgan fingerprint density at radius 3 is 2.84 bits per heavy atom. The Kier molecular flexibility index (Phi) is 4.74. The second kappa shape index (κ2) is 6.32. The second-order valence-electron chi connectivity index (χ2n) is 4.41. The molecule has 0 aliphatic heterocycles. The lowest BCUT2D eigenvalue weighted by Crippen LogP contribution is -2.22. The molecule has 1 aromatic carbocycles. The molecule has 1 unspecified atom stereocenters. The van der Waals surface area contributed by atoms with E-state index in [9.17, 15) is 0 Å². The van der Waals surface area contributed by atoms with E-state index in [4.69, 9.17) is 11.6 Å². The third-order valence-corrected chi connectivity index (χ3v) is 4.33. The van der Waals surface area contributed by atoms with E-state index in [-0.39, 0.29) is 6.04 Å². The lowest BCUT2D eigenvalue weighted by atomic mass is 10.1. The fourth-order valence-electron chi connectivity index (χ4n) is 1.93. The molecule has 1 atom stereocenters. The molecule has 4 nitrogen and oxygen atoms in total. The number of anilines is 1. The molecule has 0 saturated heterocycles. The summed E-state index contributed by atoms with van der Waals surface area (Å²) < 4.78 is 3.97. The Morgan fingerprint density at radius 2 is 2.16 bits per heavy atom. The molecule has 0 bridgehead atoms. The van der Waals surface area contributed by atoms with E-state index >= 15 is 0 Å². The molecule has 0 saturated carbocycles. The first kappa shape index (κ1) is 14.2. The van der Waals surface area contributed by atoms with Crippen LogP contribution in [0.5, 0.6) is 0 Å². The zero-order valence-electron chi connectivity index (χ0n) is 11.2. The maximum atomic E-state index is 6.24. The van der Waals surface area contributed by atoms with Crippen LogP contribution >= 0.6 is 23.1 Å². The van der Waals surface area contributed by atoms with Crippen LogP contribution in [-0.4, -0.2) is 28.6 Å². The van der Waals surface area contributed by atoms with Gasteiger partial charge in [-0.05, 0) is 25.6 Å². The second-order valence-corrected chi connectivity index (χ2v) is 5.57. The molecule has 0 radical (unpaired) electrons. The molecule has 1 N–H and O–H groups in total. The molecule has 1 aromatic heterocycles. The van der Waals surface area contributed by atoms with Crippen molar-refractivity contribution < 1.29 is 0 Å². The van der Waals surface area contributed by atoms with Gasteiger partial charge < -0.3 is 5.32 Å². The van der Waals surface area contributed by atoms with Crippen LogP contribution in [0, 0.1) is 0 Å². The fourth-order valence-corrected chi connectivity index (χ4v) is 2.74. The van der Waals surface area contributed by atoms with Crippen molar-refractivity contribution in [2.24, 2.45) is 0 Å². The molecule has 1 heterocycles. The van der Waals surface area contributed by atoms with Gasteiger partial charge in [0.2, 0.25) is 0 Å². The van der Waals surface area contributed by atoms with E-state index in [0.29, 0.717) is 0 Å². The van der Waals surface area contributed by atoms with E-state index in [1.54, 1.807) is 0 Å². The van der Waals surface area contributed by atoms with Gasteiger partial charge in [0.1, 0.15) is 10.7 Å². The van der Waals surface area contributed by atoms with Crippen molar-refractivity contribution in [3.05, 3.63) is 40.5 Å². The smallest absolute Gasteiger partial charge is 0.134 e. The van der Waals surface area contributed by atoms with Gasteiger partial charge in [-0.1, -0.05) is 34.3 Å². The van der Waals surface area contributed by atoms with Crippen molar-refractivity contribution in [2.75, 3.05) is 19.4 Å². The quantitative estimate of drug-likeness (QED) is 0.918. The Morgan fingerprint density at radius 1 is 1.42 bits per heavy atom. The first-order chi connectivity index (χ1) is 9.13. The Balaban J connectivity index is 2.12. The number of rotatable bonds is 5. The minimum Gasteiger partial charge on any atom is -0.377 e. The van der Waals surface area contributed by atoms with E-state index in [1.807, 2.05) is 25.2 Å². The van der Waals surface area contributed by atoms with Gasteiger partial charge in [0.25, 0.3) is 0 Å². The van der Waals surface area contributed by atoms with E-state index in [0.717, 1.165) is 27.8 Å². The molecule has 6 heteroatoms. The van der Waals surface area contributed by atoms with E-state index in [2.05, 4.69) is 39.8 Å². The number of nitrogens with one attached hydrogen (secondary N) is 1. The maximum Gasteiger partial charge on any atom is 0.134 e. The summed E-state index contributed by atoms with van der Waals surface area (Å²) in [6.45, 7) is 2.87. The average Bonchev–Trinajstić information content (AvgIpc) is 2.85. The Bertz CT molecular complexity index is 543. The van der Waals surface area contributed by atoms with Gasteiger partial charge in [0.05, 0.1) is 0 Å². The predicted molar refractivity (Wildman–Crippen MR) is 80.8 cm³/mol. The summed E-state index contributed by atoms with van der Waals surface area (Å²) in [4.78, 5) is 2.21. The van der Waals surface area contributed by atoms with Crippen LogP contribution in [0.4, 0.5) is 5.00 Å². The number of hydrogen-bond acceptors (Lipinski definition) is 5. The molecule has 2 aromatic rings. The van der Waals surface area contributed by atoms with Crippen molar-refractivity contribution >= 4 is 28.1 Å². The molecule has 0 aliphatic carbocycles. The van der Waals surface area contributed by atoms with Crippen LogP contribution < -0.4 is 5.32 Å². The fraction of sp³-hybridized carbons (Fsp3) is 0.385.